The van der Waals surface area contributed by atoms with Crippen LogP contribution in [0.15, 0.2) is 30.3 Å². The molecule has 4 nitrogen and oxygen atoms in total. The van der Waals surface area contributed by atoms with Crippen LogP contribution in [-0.4, -0.2) is 30.8 Å². The number of carbonyl (C=O) groups excluding carboxylic acids is 1. The number of methoxy groups -OCH3 is 1. The number of rotatable bonds is 8. The Morgan fingerprint density at radius 1 is 1.32 bits per heavy atom. The summed E-state index contributed by atoms with van der Waals surface area (Å²) in [6.07, 6.45) is 7.35. The monoisotopic (exact) mass is 345 g/mol. The van der Waals surface area contributed by atoms with Gasteiger partial charge in [0.15, 0.2) is 0 Å². The first-order valence-corrected chi connectivity index (χ1v) is 9.67. The van der Waals surface area contributed by atoms with Crippen LogP contribution in [-0.2, 0) is 20.9 Å². The number of ether oxygens (including phenoxy) is 2. The number of piperidine rings is 1. The van der Waals surface area contributed by atoms with Crippen LogP contribution in [0.2, 0.25) is 0 Å². The largest absolute Gasteiger partial charge is 0.469 e. The second kappa shape index (κ2) is 8.33. The molecule has 0 spiro atoms. The summed E-state index contributed by atoms with van der Waals surface area (Å²) in [5, 5.41) is 3.86. The Morgan fingerprint density at radius 3 is 2.84 bits per heavy atom. The van der Waals surface area contributed by atoms with Crippen LogP contribution in [0.3, 0.4) is 0 Å². The molecular weight excluding hydrogens is 314 g/mol. The zero-order valence-corrected chi connectivity index (χ0v) is 15.5. The average molecular weight is 345 g/mol. The van der Waals surface area contributed by atoms with E-state index in [4.69, 9.17) is 9.47 Å². The standard InChI is InChI=1S/C21H31NO3/c1-3-4-11-21-12-10-17(22-21)13-19(18(21)14-20(23)24-2)25-15-16-8-6-5-7-9-16/h5-9,17-19,22H,3-4,10-15H2,1-2H3/t17-,18-,19+,21+/m0/s1. The molecule has 2 fully saturated rings. The molecule has 138 valence electrons. The van der Waals surface area contributed by atoms with Gasteiger partial charge in [-0.15, -0.1) is 0 Å². The van der Waals surface area contributed by atoms with Gasteiger partial charge in [-0.1, -0.05) is 50.1 Å². The number of carbonyl (C=O) groups is 1. The highest BCUT2D eigenvalue weighted by Crippen LogP contribution is 2.46. The average Bonchev–Trinajstić information content (AvgIpc) is 3.00. The topological polar surface area (TPSA) is 47.6 Å². The summed E-state index contributed by atoms with van der Waals surface area (Å²) in [5.41, 5.74) is 1.22. The van der Waals surface area contributed by atoms with Crippen molar-refractivity contribution < 1.29 is 14.3 Å². The Balaban J connectivity index is 1.75. The molecule has 2 bridgehead atoms. The first kappa shape index (κ1) is 18.4. The van der Waals surface area contributed by atoms with Crippen LogP contribution < -0.4 is 5.32 Å². The summed E-state index contributed by atoms with van der Waals surface area (Å²) in [4.78, 5) is 12.1. The van der Waals surface area contributed by atoms with Crippen LogP contribution in [0, 0.1) is 5.92 Å². The fourth-order valence-corrected chi connectivity index (χ4v) is 4.68. The fourth-order valence-electron chi connectivity index (χ4n) is 4.68. The fraction of sp³-hybridized carbons (Fsp3) is 0.667. The molecule has 0 saturated carbocycles. The summed E-state index contributed by atoms with van der Waals surface area (Å²) in [7, 11) is 1.48. The van der Waals surface area contributed by atoms with Crippen molar-refractivity contribution in [3.63, 3.8) is 0 Å². The second-order valence-corrected chi connectivity index (χ2v) is 7.60. The first-order chi connectivity index (χ1) is 12.2. The lowest BCUT2D eigenvalue weighted by Crippen LogP contribution is -2.59. The van der Waals surface area contributed by atoms with Gasteiger partial charge >= 0.3 is 5.97 Å². The van der Waals surface area contributed by atoms with Crippen molar-refractivity contribution in [3.8, 4) is 0 Å². The molecule has 2 aliphatic heterocycles. The molecule has 1 aromatic carbocycles. The SMILES string of the molecule is CCCC[C@@]12CC[C@@H](C[C@@H](OCc3ccccc3)[C@@H]1CC(=O)OC)N2. The molecule has 1 N–H and O–H groups in total. The summed E-state index contributed by atoms with van der Waals surface area (Å²) in [5.74, 6) is 0.0651. The van der Waals surface area contributed by atoms with Crippen LogP contribution in [0.5, 0.6) is 0 Å². The van der Waals surface area contributed by atoms with Gasteiger partial charge in [-0.05, 0) is 31.2 Å². The molecule has 4 heteroatoms. The molecule has 25 heavy (non-hydrogen) atoms. The number of hydrogen-bond acceptors (Lipinski definition) is 4. The van der Waals surface area contributed by atoms with Crippen LogP contribution >= 0.6 is 0 Å². The number of nitrogens with one attached hydrogen (secondary N) is 1. The van der Waals surface area contributed by atoms with Crippen molar-refractivity contribution in [2.24, 2.45) is 5.92 Å². The van der Waals surface area contributed by atoms with E-state index in [1.54, 1.807) is 0 Å². The zero-order chi connectivity index (χ0) is 17.7. The van der Waals surface area contributed by atoms with Gasteiger partial charge < -0.3 is 14.8 Å². The minimum Gasteiger partial charge on any atom is -0.469 e. The molecule has 0 aromatic heterocycles. The minimum absolute atomic E-state index is 0.0362. The summed E-state index contributed by atoms with van der Waals surface area (Å²) in [6.45, 7) is 2.84. The number of esters is 1. The summed E-state index contributed by atoms with van der Waals surface area (Å²) < 4.78 is 11.4. The predicted octanol–water partition coefficient (Wildman–Crippen LogP) is 3.84. The van der Waals surface area contributed by atoms with E-state index in [0.29, 0.717) is 19.1 Å². The molecule has 1 aromatic rings. The van der Waals surface area contributed by atoms with Gasteiger partial charge in [0.25, 0.3) is 0 Å². The maximum atomic E-state index is 12.1. The third-order valence-corrected chi connectivity index (χ3v) is 6.00. The van der Waals surface area contributed by atoms with E-state index < -0.39 is 0 Å². The van der Waals surface area contributed by atoms with E-state index in [1.807, 2.05) is 18.2 Å². The number of benzene rings is 1. The number of unbranched alkanes of at least 4 members (excludes halogenated alkanes) is 1. The second-order valence-electron chi connectivity index (χ2n) is 7.60. The van der Waals surface area contributed by atoms with Gasteiger partial charge in [-0.2, -0.15) is 0 Å². The lowest BCUT2D eigenvalue weighted by molar-refractivity contribution is -0.146. The lowest BCUT2D eigenvalue weighted by Gasteiger charge is -2.46. The van der Waals surface area contributed by atoms with Gasteiger partial charge in [-0.25, -0.2) is 0 Å². The van der Waals surface area contributed by atoms with Gasteiger partial charge in [0, 0.05) is 17.5 Å². The highest BCUT2D eigenvalue weighted by Gasteiger charge is 2.52. The summed E-state index contributed by atoms with van der Waals surface area (Å²) in [6, 6.07) is 10.8. The third kappa shape index (κ3) is 4.24. The Labute approximate surface area is 151 Å². The van der Waals surface area contributed by atoms with Crippen LogP contribution in [0.4, 0.5) is 0 Å². The highest BCUT2D eigenvalue weighted by molar-refractivity contribution is 5.69. The molecule has 2 aliphatic rings. The summed E-state index contributed by atoms with van der Waals surface area (Å²) >= 11 is 0. The Bertz CT molecular complexity index is 562. The van der Waals surface area contributed by atoms with E-state index in [9.17, 15) is 4.79 Å². The molecule has 3 rings (SSSR count). The Hall–Kier alpha value is -1.39. The quantitative estimate of drug-likeness (QED) is 0.727. The lowest BCUT2D eigenvalue weighted by atomic mass is 9.72. The van der Waals surface area contributed by atoms with Gasteiger partial charge in [-0.3, -0.25) is 4.79 Å². The van der Waals surface area contributed by atoms with E-state index in [2.05, 4.69) is 24.4 Å². The first-order valence-electron chi connectivity index (χ1n) is 9.67. The van der Waals surface area contributed by atoms with Crippen molar-refractivity contribution in [2.45, 2.75) is 76.2 Å². The van der Waals surface area contributed by atoms with Crippen LogP contribution in [0.25, 0.3) is 0 Å². The molecule has 2 heterocycles. The van der Waals surface area contributed by atoms with E-state index in [-0.39, 0.29) is 23.5 Å². The van der Waals surface area contributed by atoms with Crippen molar-refractivity contribution >= 4 is 5.97 Å². The Morgan fingerprint density at radius 2 is 2.12 bits per heavy atom. The van der Waals surface area contributed by atoms with Crippen molar-refractivity contribution in [1.82, 2.24) is 5.32 Å². The number of fused-ring (bicyclic) bond motifs is 2. The van der Waals surface area contributed by atoms with Crippen LogP contribution in [0.1, 0.15) is 57.4 Å². The third-order valence-electron chi connectivity index (χ3n) is 6.00. The predicted molar refractivity (Wildman–Crippen MR) is 98.2 cm³/mol. The smallest absolute Gasteiger partial charge is 0.305 e. The zero-order valence-electron chi connectivity index (χ0n) is 15.5. The van der Waals surface area contributed by atoms with Crippen molar-refractivity contribution in [3.05, 3.63) is 35.9 Å². The molecule has 2 saturated heterocycles. The highest BCUT2D eigenvalue weighted by atomic mass is 16.5. The molecule has 0 aliphatic carbocycles. The van der Waals surface area contributed by atoms with E-state index in [0.717, 1.165) is 19.3 Å². The minimum atomic E-state index is -0.124. The maximum Gasteiger partial charge on any atom is 0.305 e. The molecule has 0 unspecified atom stereocenters. The van der Waals surface area contributed by atoms with Crippen molar-refractivity contribution in [1.29, 1.82) is 0 Å². The number of hydrogen-bond donors (Lipinski definition) is 1. The van der Waals surface area contributed by atoms with Gasteiger partial charge in [0.05, 0.1) is 26.2 Å². The van der Waals surface area contributed by atoms with E-state index in [1.165, 1.54) is 31.9 Å². The Kier molecular flexibility index (Phi) is 6.13. The molecule has 4 atom stereocenters. The molecule has 0 radical (unpaired) electrons. The van der Waals surface area contributed by atoms with Gasteiger partial charge in [0.2, 0.25) is 0 Å². The van der Waals surface area contributed by atoms with E-state index >= 15 is 0 Å². The van der Waals surface area contributed by atoms with Crippen molar-refractivity contribution in [2.75, 3.05) is 7.11 Å². The molecular formula is C21H31NO3. The van der Waals surface area contributed by atoms with Gasteiger partial charge in [0.1, 0.15) is 0 Å². The normalized spacial score (nSPS) is 31.0. The molecule has 0 amide bonds. The maximum absolute atomic E-state index is 12.1.